The molecule has 1 N–H and O–H groups in total. The van der Waals surface area contributed by atoms with Crippen LogP contribution in [0.1, 0.15) is 40.0 Å². The fourth-order valence-electron chi connectivity index (χ4n) is 2.97. The van der Waals surface area contributed by atoms with Crippen molar-refractivity contribution in [2.24, 2.45) is 0 Å². The molecule has 19 heavy (non-hydrogen) atoms. The van der Waals surface area contributed by atoms with Crippen LogP contribution in [0, 0.1) is 11.3 Å². The minimum absolute atomic E-state index is 0.358. The van der Waals surface area contributed by atoms with E-state index < -0.39 is 0 Å². The van der Waals surface area contributed by atoms with Crippen LogP contribution in [0.15, 0.2) is 0 Å². The Hall–Kier alpha value is -0.630. The Bertz CT molecular complexity index is 324. The largest absolute Gasteiger partial charge is 0.301 e. The summed E-state index contributed by atoms with van der Waals surface area (Å²) in [6.45, 7) is 12.0. The Morgan fingerprint density at radius 3 is 2.37 bits per heavy atom. The van der Waals surface area contributed by atoms with Gasteiger partial charge >= 0.3 is 0 Å². The molecule has 4 heteroatoms. The first-order chi connectivity index (χ1) is 9.02. The van der Waals surface area contributed by atoms with Crippen LogP contribution in [0.4, 0.5) is 0 Å². The maximum absolute atomic E-state index is 9.35. The number of hydrogen-bond acceptors (Lipinski definition) is 4. The Balaban J connectivity index is 1.71. The van der Waals surface area contributed by atoms with Crippen molar-refractivity contribution in [3.8, 4) is 6.07 Å². The number of nitrogens with one attached hydrogen (secondary N) is 1. The minimum Gasteiger partial charge on any atom is -0.301 e. The Labute approximate surface area is 117 Å². The summed E-state index contributed by atoms with van der Waals surface area (Å²) in [7, 11) is 0. The molecule has 0 radical (unpaired) electrons. The highest BCUT2D eigenvalue weighted by atomic mass is 15.3. The van der Waals surface area contributed by atoms with Gasteiger partial charge < -0.3 is 4.90 Å². The molecular weight excluding hydrogens is 236 g/mol. The fourth-order valence-corrected chi connectivity index (χ4v) is 2.97. The average Bonchev–Trinajstić information content (AvgIpc) is 3.21. The van der Waals surface area contributed by atoms with E-state index in [1.807, 2.05) is 6.92 Å². The fraction of sp³-hybridized carbons (Fsp3) is 0.933. The second-order valence-corrected chi connectivity index (χ2v) is 6.60. The van der Waals surface area contributed by atoms with Gasteiger partial charge in [0.2, 0.25) is 0 Å². The van der Waals surface area contributed by atoms with Gasteiger partial charge in [-0.05, 0) is 40.0 Å². The van der Waals surface area contributed by atoms with Crippen LogP contribution in [0.25, 0.3) is 0 Å². The van der Waals surface area contributed by atoms with E-state index in [9.17, 15) is 5.26 Å². The van der Waals surface area contributed by atoms with Gasteiger partial charge in [-0.3, -0.25) is 10.2 Å². The molecule has 0 spiro atoms. The van der Waals surface area contributed by atoms with Gasteiger partial charge in [0, 0.05) is 44.8 Å². The number of nitriles is 1. The first-order valence-electron chi connectivity index (χ1n) is 7.68. The molecule has 108 valence electrons. The third-order valence-electron chi connectivity index (χ3n) is 4.25. The number of nitrogens with zero attached hydrogens (tertiary/aromatic N) is 3. The second-order valence-electron chi connectivity index (χ2n) is 6.60. The Kier molecular flexibility index (Phi) is 4.83. The predicted molar refractivity (Wildman–Crippen MR) is 77.9 cm³/mol. The van der Waals surface area contributed by atoms with Gasteiger partial charge in [0.15, 0.2) is 0 Å². The summed E-state index contributed by atoms with van der Waals surface area (Å²) < 4.78 is 0. The van der Waals surface area contributed by atoms with E-state index in [1.165, 1.54) is 39.0 Å². The highest BCUT2D eigenvalue weighted by Gasteiger charge is 2.32. The SMILES string of the molecule is CC(C)NC(C)(C#N)CCN1CCN(C2CC2)CC1. The van der Waals surface area contributed by atoms with Crippen LogP contribution in [-0.2, 0) is 0 Å². The topological polar surface area (TPSA) is 42.3 Å². The van der Waals surface area contributed by atoms with Crippen molar-refractivity contribution in [2.45, 2.75) is 57.7 Å². The molecule has 0 bridgehead atoms. The molecule has 0 aromatic rings. The molecule has 1 aliphatic carbocycles. The lowest BCUT2D eigenvalue weighted by molar-refractivity contribution is 0.120. The van der Waals surface area contributed by atoms with Gasteiger partial charge in [-0.1, -0.05) is 0 Å². The van der Waals surface area contributed by atoms with Crippen LogP contribution < -0.4 is 5.32 Å². The summed E-state index contributed by atoms with van der Waals surface area (Å²) >= 11 is 0. The zero-order chi connectivity index (χ0) is 13.9. The van der Waals surface area contributed by atoms with Crippen LogP contribution in [0.2, 0.25) is 0 Å². The molecule has 4 nitrogen and oxygen atoms in total. The van der Waals surface area contributed by atoms with E-state index in [-0.39, 0.29) is 5.54 Å². The normalized spacial score (nSPS) is 25.2. The first-order valence-corrected chi connectivity index (χ1v) is 7.68. The van der Waals surface area contributed by atoms with Gasteiger partial charge in [-0.15, -0.1) is 0 Å². The summed E-state index contributed by atoms with van der Waals surface area (Å²) in [6, 6.07) is 3.69. The predicted octanol–water partition coefficient (Wildman–Crippen LogP) is 1.44. The van der Waals surface area contributed by atoms with E-state index in [0.717, 1.165) is 19.0 Å². The van der Waals surface area contributed by atoms with Crippen LogP contribution in [0.5, 0.6) is 0 Å². The summed E-state index contributed by atoms with van der Waals surface area (Å²) in [5.41, 5.74) is -0.387. The molecular formula is C15H28N4. The minimum atomic E-state index is -0.387. The molecule has 0 aromatic heterocycles. The number of piperazine rings is 1. The molecule has 2 fully saturated rings. The molecule has 2 aliphatic rings. The van der Waals surface area contributed by atoms with Gasteiger partial charge in [-0.2, -0.15) is 5.26 Å². The van der Waals surface area contributed by atoms with Crippen molar-refractivity contribution < 1.29 is 0 Å². The van der Waals surface area contributed by atoms with Crippen molar-refractivity contribution in [3.05, 3.63) is 0 Å². The molecule has 1 atom stereocenters. The maximum Gasteiger partial charge on any atom is 0.105 e. The highest BCUT2D eigenvalue weighted by molar-refractivity contribution is 5.04. The molecule has 1 saturated carbocycles. The molecule has 0 aromatic carbocycles. The quantitative estimate of drug-likeness (QED) is 0.788. The Morgan fingerprint density at radius 2 is 1.89 bits per heavy atom. The zero-order valence-corrected chi connectivity index (χ0v) is 12.7. The van der Waals surface area contributed by atoms with Gasteiger partial charge in [0.1, 0.15) is 5.54 Å². The third-order valence-corrected chi connectivity index (χ3v) is 4.25. The van der Waals surface area contributed by atoms with Crippen molar-refractivity contribution in [1.82, 2.24) is 15.1 Å². The molecule has 0 amide bonds. The Morgan fingerprint density at radius 1 is 1.26 bits per heavy atom. The summed E-state index contributed by atoms with van der Waals surface area (Å²) in [4.78, 5) is 5.14. The van der Waals surface area contributed by atoms with E-state index in [4.69, 9.17) is 0 Å². The molecule has 1 heterocycles. The first kappa shape index (κ1) is 14.8. The van der Waals surface area contributed by atoms with E-state index in [0.29, 0.717) is 6.04 Å². The van der Waals surface area contributed by atoms with Crippen LogP contribution >= 0.6 is 0 Å². The van der Waals surface area contributed by atoms with Crippen molar-refractivity contribution in [1.29, 1.82) is 5.26 Å². The second kappa shape index (κ2) is 6.21. The molecule has 1 saturated heterocycles. The maximum atomic E-state index is 9.35. The molecule has 2 rings (SSSR count). The molecule has 1 aliphatic heterocycles. The highest BCUT2D eigenvalue weighted by Crippen LogP contribution is 2.27. The third kappa shape index (κ3) is 4.45. The van der Waals surface area contributed by atoms with Crippen LogP contribution in [0.3, 0.4) is 0 Å². The molecule has 1 unspecified atom stereocenters. The number of hydrogen-bond donors (Lipinski definition) is 1. The van der Waals surface area contributed by atoms with E-state index in [2.05, 4.69) is 35.0 Å². The summed E-state index contributed by atoms with van der Waals surface area (Å²) in [6.07, 6.45) is 3.72. The van der Waals surface area contributed by atoms with E-state index in [1.54, 1.807) is 0 Å². The summed E-state index contributed by atoms with van der Waals surface area (Å²) in [5, 5.41) is 12.7. The van der Waals surface area contributed by atoms with Crippen molar-refractivity contribution in [2.75, 3.05) is 32.7 Å². The standard InChI is InChI=1S/C15H28N4/c1-13(2)17-15(3,12-16)6-7-18-8-10-19(11-9-18)14-4-5-14/h13-14,17H,4-11H2,1-3H3. The van der Waals surface area contributed by atoms with Crippen molar-refractivity contribution >= 4 is 0 Å². The van der Waals surface area contributed by atoms with Crippen LogP contribution in [-0.4, -0.2) is 60.1 Å². The van der Waals surface area contributed by atoms with Gasteiger partial charge in [0.05, 0.1) is 6.07 Å². The van der Waals surface area contributed by atoms with E-state index >= 15 is 0 Å². The smallest absolute Gasteiger partial charge is 0.105 e. The van der Waals surface area contributed by atoms with Crippen molar-refractivity contribution in [3.63, 3.8) is 0 Å². The lowest BCUT2D eigenvalue weighted by Gasteiger charge is -2.36. The summed E-state index contributed by atoms with van der Waals surface area (Å²) in [5.74, 6) is 0. The van der Waals surface area contributed by atoms with Gasteiger partial charge in [-0.25, -0.2) is 0 Å². The zero-order valence-electron chi connectivity index (χ0n) is 12.7. The monoisotopic (exact) mass is 264 g/mol. The lowest BCUT2D eigenvalue weighted by atomic mass is 9.98. The van der Waals surface area contributed by atoms with Gasteiger partial charge in [0.25, 0.3) is 0 Å². The average molecular weight is 264 g/mol. The lowest BCUT2D eigenvalue weighted by Crippen LogP contribution is -2.51. The number of rotatable bonds is 6.